The van der Waals surface area contributed by atoms with Gasteiger partial charge in [0.05, 0.1) is 11.6 Å². The molecule has 1 aromatic carbocycles. The Morgan fingerprint density at radius 1 is 1.21 bits per heavy atom. The van der Waals surface area contributed by atoms with Crippen molar-refractivity contribution >= 4 is 0 Å². The molecule has 1 unspecified atom stereocenters. The molecule has 19 heavy (non-hydrogen) atoms. The highest BCUT2D eigenvalue weighted by molar-refractivity contribution is 5.31. The Balaban J connectivity index is 3.26. The van der Waals surface area contributed by atoms with Crippen molar-refractivity contribution in [1.29, 1.82) is 5.26 Å². The molecule has 0 bridgehead atoms. The topological polar surface area (TPSA) is 27.0 Å². The smallest absolute Gasteiger partial charge is 0.285 e. The minimum atomic E-state index is -4.62. The van der Waals surface area contributed by atoms with Crippen LogP contribution < -0.4 is 0 Å². The third kappa shape index (κ3) is 3.67. The van der Waals surface area contributed by atoms with Crippen LogP contribution in [0, 0.1) is 17.1 Å². The van der Waals surface area contributed by atoms with Crippen LogP contribution in [-0.2, 0) is 6.18 Å². The average molecular weight is 274 g/mol. The van der Waals surface area contributed by atoms with Gasteiger partial charge >= 0.3 is 6.18 Å². The van der Waals surface area contributed by atoms with Crippen LogP contribution in [0.5, 0.6) is 0 Å². The van der Waals surface area contributed by atoms with E-state index in [2.05, 4.69) is 0 Å². The lowest BCUT2D eigenvalue weighted by Gasteiger charge is -2.24. The minimum Gasteiger partial charge on any atom is -0.285 e. The molecule has 1 atom stereocenters. The van der Waals surface area contributed by atoms with Crippen LogP contribution in [0.3, 0.4) is 0 Å². The van der Waals surface area contributed by atoms with Crippen molar-refractivity contribution in [2.45, 2.75) is 26.1 Å². The summed E-state index contributed by atoms with van der Waals surface area (Å²) in [5.74, 6) is -0.989. The van der Waals surface area contributed by atoms with Crippen LogP contribution in [0.25, 0.3) is 0 Å². The minimum absolute atomic E-state index is 0.0264. The standard InChI is InChI=1S/C13H14F4N2/c1-3-19(4-2)12(8-18)9-5-10(13(15,16)17)7-11(14)6-9/h5-7,12H,3-4H2,1-2H3. The van der Waals surface area contributed by atoms with E-state index < -0.39 is 23.6 Å². The number of rotatable bonds is 4. The molecule has 6 heteroatoms. The van der Waals surface area contributed by atoms with Gasteiger partial charge < -0.3 is 0 Å². The molecule has 0 saturated heterocycles. The number of alkyl halides is 3. The van der Waals surface area contributed by atoms with E-state index in [-0.39, 0.29) is 5.56 Å². The van der Waals surface area contributed by atoms with E-state index in [0.717, 1.165) is 12.1 Å². The normalized spacial score (nSPS) is 13.4. The molecule has 0 aromatic heterocycles. The number of halogens is 4. The number of hydrogen-bond acceptors (Lipinski definition) is 2. The van der Waals surface area contributed by atoms with Crippen LogP contribution in [-0.4, -0.2) is 18.0 Å². The summed E-state index contributed by atoms with van der Waals surface area (Å²) >= 11 is 0. The second kappa shape index (κ2) is 6.02. The van der Waals surface area contributed by atoms with Gasteiger partial charge in [0.15, 0.2) is 0 Å². The van der Waals surface area contributed by atoms with E-state index in [9.17, 15) is 17.6 Å². The largest absolute Gasteiger partial charge is 0.416 e. The number of benzene rings is 1. The first-order valence-electron chi connectivity index (χ1n) is 5.84. The monoisotopic (exact) mass is 274 g/mol. The van der Waals surface area contributed by atoms with E-state index in [1.165, 1.54) is 0 Å². The van der Waals surface area contributed by atoms with Gasteiger partial charge in [-0.2, -0.15) is 18.4 Å². The fraction of sp³-hybridized carbons (Fsp3) is 0.462. The molecule has 0 heterocycles. The summed E-state index contributed by atoms with van der Waals surface area (Å²) in [6.45, 7) is 4.56. The van der Waals surface area contributed by atoms with Crippen LogP contribution >= 0.6 is 0 Å². The quantitative estimate of drug-likeness (QED) is 0.782. The molecule has 0 N–H and O–H groups in total. The molecule has 2 nitrogen and oxygen atoms in total. The van der Waals surface area contributed by atoms with Gasteiger partial charge in [0.2, 0.25) is 0 Å². The van der Waals surface area contributed by atoms with Crippen molar-refractivity contribution in [2.75, 3.05) is 13.1 Å². The summed E-state index contributed by atoms with van der Waals surface area (Å²) in [6.07, 6.45) is -4.62. The maximum atomic E-state index is 13.3. The van der Waals surface area contributed by atoms with E-state index >= 15 is 0 Å². The fourth-order valence-corrected chi connectivity index (χ4v) is 1.89. The zero-order valence-electron chi connectivity index (χ0n) is 10.6. The Morgan fingerprint density at radius 2 is 1.79 bits per heavy atom. The number of nitrogens with zero attached hydrogens (tertiary/aromatic N) is 2. The molecular weight excluding hydrogens is 260 g/mol. The Morgan fingerprint density at radius 3 is 2.21 bits per heavy atom. The summed E-state index contributed by atoms with van der Waals surface area (Å²) in [7, 11) is 0. The summed E-state index contributed by atoms with van der Waals surface area (Å²) in [5, 5.41) is 9.10. The van der Waals surface area contributed by atoms with Crippen molar-refractivity contribution in [3.05, 3.63) is 35.1 Å². The second-order valence-electron chi connectivity index (χ2n) is 4.02. The van der Waals surface area contributed by atoms with Gasteiger partial charge in [0.1, 0.15) is 11.9 Å². The lowest BCUT2D eigenvalue weighted by molar-refractivity contribution is -0.137. The van der Waals surface area contributed by atoms with Gasteiger partial charge in [-0.15, -0.1) is 0 Å². The second-order valence-corrected chi connectivity index (χ2v) is 4.02. The molecule has 0 radical (unpaired) electrons. The average Bonchev–Trinajstić information content (AvgIpc) is 2.33. The van der Waals surface area contributed by atoms with E-state index in [1.54, 1.807) is 18.7 Å². The lowest BCUT2D eigenvalue weighted by atomic mass is 10.0. The molecule has 0 saturated carbocycles. The van der Waals surface area contributed by atoms with Gasteiger partial charge in [-0.3, -0.25) is 4.90 Å². The molecular formula is C13H14F4N2. The predicted molar refractivity (Wildman–Crippen MR) is 62.7 cm³/mol. The molecule has 0 aliphatic rings. The highest BCUT2D eigenvalue weighted by atomic mass is 19.4. The Hall–Kier alpha value is -1.61. The molecule has 104 valence electrons. The molecule has 0 aliphatic carbocycles. The van der Waals surface area contributed by atoms with Gasteiger partial charge in [-0.25, -0.2) is 4.39 Å². The summed E-state index contributed by atoms with van der Waals surface area (Å²) in [6, 6.07) is 3.27. The highest BCUT2D eigenvalue weighted by Crippen LogP contribution is 2.32. The molecule has 0 spiro atoms. The predicted octanol–water partition coefficient (Wildman–Crippen LogP) is 3.75. The van der Waals surface area contributed by atoms with Crippen LogP contribution in [0.2, 0.25) is 0 Å². The Bertz CT molecular complexity index is 473. The van der Waals surface area contributed by atoms with Crippen molar-refractivity contribution in [3.63, 3.8) is 0 Å². The van der Waals surface area contributed by atoms with Crippen molar-refractivity contribution in [2.24, 2.45) is 0 Å². The van der Waals surface area contributed by atoms with Crippen LogP contribution in [0.4, 0.5) is 17.6 Å². The van der Waals surface area contributed by atoms with Gasteiger partial charge in [0.25, 0.3) is 0 Å². The maximum absolute atomic E-state index is 13.3. The van der Waals surface area contributed by atoms with E-state index in [0.29, 0.717) is 19.2 Å². The number of nitriles is 1. The summed E-state index contributed by atoms with van der Waals surface area (Å²) < 4.78 is 51.1. The zero-order valence-corrected chi connectivity index (χ0v) is 10.6. The SMILES string of the molecule is CCN(CC)C(C#N)c1cc(F)cc(C(F)(F)F)c1. The van der Waals surface area contributed by atoms with Crippen molar-refractivity contribution < 1.29 is 17.6 Å². The van der Waals surface area contributed by atoms with E-state index in [1.807, 2.05) is 6.07 Å². The van der Waals surface area contributed by atoms with Gasteiger partial charge in [-0.1, -0.05) is 13.8 Å². The third-order valence-electron chi connectivity index (χ3n) is 2.86. The molecule has 1 rings (SSSR count). The maximum Gasteiger partial charge on any atom is 0.416 e. The van der Waals surface area contributed by atoms with Crippen LogP contribution in [0.15, 0.2) is 18.2 Å². The van der Waals surface area contributed by atoms with Crippen LogP contribution in [0.1, 0.15) is 31.0 Å². The third-order valence-corrected chi connectivity index (χ3v) is 2.86. The van der Waals surface area contributed by atoms with Crippen molar-refractivity contribution in [1.82, 2.24) is 4.90 Å². The van der Waals surface area contributed by atoms with E-state index in [4.69, 9.17) is 5.26 Å². The van der Waals surface area contributed by atoms with Gasteiger partial charge in [0, 0.05) is 0 Å². The zero-order chi connectivity index (χ0) is 14.6. The first kappa shape index (κ1) is 15.4. The summed E-state index contributed by atoms with van der Waals surface area (Å²) in [5.41, 5.74) is -1.05. The summed E-state index contributed by atoms with van der Waals surface area (Å²) in [4.78, 5) is 1.66. The fourth-order valence-electron chi connectivity index (χ4n) is 1.89. The Labute approximate surface area is 109 Å². The molecule has 1 aromatic rings. The first-order chi connectivity index (χ1) is 8.83. The molecule has 0 aliphatic heterocycles. The lowest BCUT2D eigenvalue weighted by Crippen LogP contribution is -2.27. The Kier molecular flexibility index (Phi) is 4.90. The first-order valence-corrected chi connectivity index (χ1v) is 5.84. The number of hydrogen-bond donors (Lipinski definition) is 0. The molecule has 0 amide bonds. The van der Waals surface area contributed by atoms with Crippen molar-refractivity contribution in [3.8, 4) is 6.07 Å². The molecule has 0 fully saturated rings. The van der Waals surface area contributed by atoms with Gasteiger partial charge in [-0.05, 0) is 36.9 Å². The highest BCUT2D eigenvalue weighted by Gasteiger charge is 2.32.